The van der Waals surface area contributed by atoms with E-state index in [9.17, 15) is 8.78 Å². The fraction of sp³-hybridized carbons (Fsp3) is 0.0526. The molecule has 2 aromatic heterocycles. The van der Waals surface area contributed by atoms with E-state index in [1.807, 2.05) is 36.4 Å². The summed E-state index contributed by atoms with van der Waals surface area (Å²) in [7, 11) is 0. The minimum Gasteiger partial charge on any atom is -0.459 e. The Morgan fingerprint density at radius 3 is 2.36 bits per heavy atom. The maximum absolute atomic E-state index is 14.4. The molecule has 2 aromatic carbocycles. The first-order chi connectivity index (χ1) is 12.2. The number of halogens is 2. The van der Waals surface area contributed by atoms with Crippen molar-refractivity contribution in [3.05, 3.63) is 96.3 Å². The summed E-state index contributed by atoms with van der Waals surface area (Å²) in [6.45, 7) is 0. The van der Waals surface area contributed by atoms with E-state index in [-0.39, 0.29) is 5.56 Å². The van der Waals surface area contributed by atoms with Gasteiger partial charge in [-0.3, -0.25) is 0 Å². The molecule has 0 radical (unpaired) electrons. The summed E-state index contributed by atoms with van der Waals surface area (Å²) in [5, 5.41) is 7.56. The first-order valence-corrected chi connectivity index (χ1v) is 7.66. The van der Waals surface area contributed by atoms with E-state index in [0.29, 0.717) is 11.5 Å². The monoisotopic (exact) mass is 337 g/mol. The Balaban J connectivity index is 1.81. The second-order valence-electron chi connectivity index (χ2n) is 5.55. The smallest absolute Gasteiger partial charge is 0.134 e. The standard InChI is InChI=1S/C19H13F2N3O/c20-14-6-7-15(16(21)10-14)19(24-11-22-23-12-24)18-9-8-17(25-18)13-4-2-1-3-5-13/h1-12,19H. The Kier molecular flexibility index (Phi) is 3.85. The van der Waals surface area contributed by atoms with Crippen LogP contribution in [0, 0.1) is 11.6 Å². The molecule has 1 atom stereocenters. The molecule has 4 rings (SSSR count). The van der Waals surface area contributed by atoms with E-state index in [1.54, 1.807) is 10.6 Å². The third-order valence-corrected chi connectivity index (χ3v) is 3.95. The fourth-order valence-corrected chi connectivity index (χ4v) is 2.78. The molecule has 0 aliphatic carbocycles. The molecule has 2 heterocycles. The normalized spacial score (nSPS) is 12.2. The quantitative estimate of drug-likeness (QED) is 0.552. The molecule has 0 bridgehead atoms. The van der Waals surface area contributed by atoms with Crippen molar-refractivity contribution in [2.24, 2.45) is 0 Å². The van der Waals surface area contributed by atoms with Crippen LogP contribution in [0.2, 0.25) is 0 Å². The van der Waals surface area contributed by atoms with Crippen LogP contribution in [0.1, 0.15) is 17.4 Å². The van der Waals surface area contributed by atoms with Crippen LogP contribution in [0.25, 0.3) is 11.3 Å². The van der Waals surface area contributed by atoms with Crippen LogP contribution in [0.15, 0.2) is 77.7 Å². The minimum absolute atomic E-state index is 0.273. The number of nitrogens with zero attached hydrogens (tertiary/aromatic N) is 3. The number of aromatic nitrogens is 3. The van der Waals surface area contributed by atoms with Crippen molar-refractivity contribution in [1.82, 2.24) is 14.8 Å². The molecule has 0 saturated heterocycles. The molecule has 1 unspecified atom stereocenters. The molecule has 0 saturated carbocycles. The molecule has 4 aromatic rings. The summed E-state index contributed by atoms with van der Waals surface area (Å²) in [4.78, 5) is 0. The zero-order valence-corrected chi connectivity index (χ0v) is 13.0. The number of benzene rings is 2. The lowest BCUT2D eigenvalue weighted by molar-refractivity contribution is 0.455. The molecular formula is C19H13F2N3O. The predicted octanol–water partition coefficient (Wildman–Crippen LogP) is 4.45. The van der Waals surface area contributed by atoms with Crippen LogP contribution in [0.4, 0.5) is 8.78 Å². The summed E-state index contributed by atoms with van der Waals surface area (Å²) in [6, 6.07) is 16.0. The van der Waals surface area contributed by atoms with Crippen molar-refractivity contribution in [2.75, 3.05) is 0 Å². The van der Waals surface area contributed by atoms with Crippen LogP contribution >= 0.6 is 0 Å². The van der Waals surface area contributed by atoms with Crippen molar-refractivity contribution in [3.63, 3.8) is 0 Å². The zero-order valence-electron chi connectivity index (χ0n) is 13.0. The predicted molar refractivity (Wildman–Crippen MR) is 87.8 cm³/mol. The van der Waals surface area contributed by atoms with Gasteiger partial charge in [0, 0.05) is 17.2 Å². The molecular weight excluding hydrogens is 324 g/mol. The maximum atomic E-state index is 14.4. The average molecular weight is 337 g/mol. The van der Waals surface area contributed by atoms with E-state index < -0.39 is 17.7 Å². The highest BCUT2D eigenvalue weighted by atomic mass is 19.1. The molecule has 0 spiro atoms. The summed E-state index contributed by atoms with van der Waals surface area (Å²) in [5.74, 6) is -0.120. The van der Waals surface area contributed by atoms with Crippen molar-refractivity contribution < 1.29 is 13.2 Å². The topological polar surface area (TPSA) is 43.9 Å². The van der Waals surface area contributed by atoms with Crippen molar-refractivity contribution in [1.29, 1.82) is 0 Å². The van der Waals surface area contributed by atoms with E-state index in [1.165, 1.54) is 24.8 Å². The van der Waals surface area contributed by atoms with E-state index in [2.05, 4.69) is 10.2 Å². The number of furan rings is 1. The number of rotatable bonds is 4. The lowest BCUT2D eigenvalue weighted by Crippen LogP contribution is -2.12. The van der Waals surface area contributed by atoms with Crippen molar-refractivity contribution in [2.45, 2.75) is 6.04 Å². The lowest BCUT2D eigenvalue weighted by atomic mass is 10.0. The molecule has 4 nitrogen and oxygen atoms in total. The van der Waals surface area contributed by atoms with Gasteiger partial charge in [0.15, 0.2) is 0 Å². The van der Waals surface area contributed by atoms with Gasteiger partial charge in [-0.15, -0.1) is 10.2 Å². The van der Waals surface area contributed by atoms with Gasteiger partial charge in [-0.05, 0) is 18.2 Å². The van der Waals surface area contributed by atoms with Crippen LogP contribution < -0.4 is 0 Å². The molecule has 0 aliphatic heterocycles. The second kappa shape index (κ2) is 6.32. The van der Waals surface area contributed by atoms with Gasteiger partial charge in [0.2, 0.25) is 0 Å². The zero-order chi connectivity index (χ0) is 17.2. The summed E-state index contributed by atoms with van der Waals surface area (Å²) in [5.41, 5.74) is 1.19. The van der Waals surface area contributed by atoms with Crippen LogP contribution in [0.3, 0.4) is 0 Å². The van der Waals surface area contributed by atoms with E-state index >= 15 is 0 Å². The largest absolute Gasteiger partial charge is 0.459 e. The SMILES string of the molecule is Fc1ccc(C(c2ccc(-c3ccccc3)o2)n2cnnc2)c(F)c1. The Morgan fingerprint density at radius 1 is 0.880 bits per heavy atom. The summed E-state index contributed by atoms with van der Waals surface area (Å²) >= 11 is 0. The molecule has 25 heavy (non-hydrogen) atoms. The van der Waals surface area contributed by atoms with Crippen molar-refractivity contribution in [3.8, 4) is 11.3 Å². The van der Waals surface area contributed by atoms with E-state index in [4.69, 9.17) is 4.42 Å². The molecule has 6 heteroatoms. The van der Waals surface area contributed by atoms with E-state index in [0.717, 1.165) is 11.6 Å². The highest BCUT2D eigenvalue weighted by Crippen LogP contribution is 2.32. The molecule has 0 fully saturated rings. The lowest BCUT2D eigenvalue weighted by Gasteiger charge is -2.17. The minimum atomic E-state index is -0.656. The third-order valence-electron chi connectivity index (χ3n) is 3.95. The number of hydrogen-bond donors (Lipinski definition) is 0. The summed E-state index contributed by atoms with van der Waals surface area (Å²) in [6.07, 6.45) is 2.94. The first-order valence-electron chi connectivity index (χ1n) is 7.66. The third kappa shape index (κ3) is 2.94. The number of hydrogen-bond acceptors (Lipinski definition) is 3. The molecule has 0 amide bonds. The highest BCUT2D eigenvalue weighted by Gasteiger charge is 2.24. The van der Waals surface area contributed by atoms with Gasteiger partial charge in [0.25, 0.3) is 0 Å². The highest BCUT2D eigenvalue weighted by molar-refractivity contribution is 5.57. The van der Waals surface area contributed by atoms with Gasteiger partial charge in [-0.2, -0.15) is 0 Å². The molecule has 0 N–H and O–H groups in total. The Labute approximate surface area is 142 Å². The van der Waals surface area contributed by atoms with Crippen LogP contribution in [0.5, 0.6) is 0 Å². The van der Waals surface area contributed by atoms with Gasteiger partial charge < -0.3 is 8.98 Å². The Morgan fingerprint density at radius 2 is 1.64 bits per heavy atom. The second-order valence-corrected chi connectivity index (χ2v) is 5.55. The Bertz CT molecular complexity index is 981. The van der Waals surface area contributed by atoms with Gasteiger partial charge in [-0.1, -0.05) is 36.4 Å². The van der Waals surface area contributed by atoms with Gasteiger partial charge in [-0.25, -0.2) is 8.78 Å². The fourth-order valence-electron chi connectivity index (χ4n) is 2.78. The molecule has 0 aliphatic rings. The average Bonchev–Trinajstić information content (AvgIpc) is 3.31. The Hall–Kier alpha value is -3.28. The van der Waals surface area contributed by atoms with Crippen molar-refractivity contribution >= 4 is 0 Å². The maximum Gasteiger partial charge on any atom is 0.134 e. The van der Waals surface area contributed by atoms with Crippen LogP contribution in [-0.2, 0) is 0 Å². The van der Waals surface area contributed by atoms with Gasteiger partial charge in [0.05, 0.1) is 0 Å². The summed E-state index contributed by atoms with van der Waals surface area (Å²) < 4.78 is 35.2. The van der Waals surface area contributed by atoms with Gasteiger partial charge >= 0.3 is 0 Å². The van der Waals surface area contributed by atoms with Gasteiger partial charge in [0.1, 0.15) is 41.9 Å². The van der Waals surface area contributed by atoms with Crippen LogP contribution in [-0.4, -0.2) is 14.8 Å². The first kappa shape index (κ1) is 15.3. The molecule has 124 valence electrons.